The van der Waals surface area contributed by atoms with Crippen LogP contribution < -0.4 is 0 Å². The fraction of sp³-hybridized carbons (Fsp3) is 0.400. The number of carbonyl (C=O) groups excluding carboxylic acids is 1. The van der Waals surface area contributed by atoms with Crippen molar-refractivity contribution >= 4 is 5.91 Å². The molecule has 0 bridgehead atoms. The molecule has 0 unspecified atom stereocenters. The summed E-state index contributed by atoms with van der Waals surface area (Å²) in [7, 11) is 0. The molecule has 0 saturated heterocycles. The van der Waals surface area contributed by atoms with Gasteiger partial charge in [-0.25, -0.2) is 4.98 Å². The summed E-state index contributed by atoms with van der Waals surface area (Å²) in [4.78, 5) is 15.8. The molecular formula is C10H11F3N2O2. The van der Waals surface area contributed by atoms with E-state index in [2.05, 4.69) is 4.98 Å². The number of amides is 1. The molecule has 0 aliphatic carbocycles. The summed E-state index contributed by atoms with van der Waals surface area (Å²) < 4.78 is 36.6. The highest BCUT2D eigenvalue weighted by Gasteiger charge is 2.33. The van der Waals surface area contributed by atoms with Gasteiger partial charge in [-0.05, 0) is 19.1 Å². The van der Waals surface area contributed by atoms with Crippen LogP contribution >= 0.6 is 0 Å². The summed E-state index contributed by atoms with van der Waals surface area (Å²) >= 11 is 0. The predicted octanol–water partition coefficient (Wildman–Crippen LogP) is 1.81. The van der Waals surface area contributed by atoms with Gasteiger partial charge in [-0.1, -0.05) is 0 Å². The third-order valence-electron chi connectivity index (χ3n) is 2.03. The Morgan fingerprint density at radius 1 is 1.53 bits per heavy atom. The van der Waals surface area contributed by atoms with Gasteiger partial charge in [-0.2, -0.15) is 13.2 Å². The summed E-state index contributed by atoms with van der Waals surface area (Å²) in [5.74, 6) is -1.37. The molecule has 1 aromatic rings. The van der Waals surface area contributed by atoms with Crippen LogP contribution in [0.5, 0.6) is 5.75 Å². The van der Waals surface area contributed by atoms with Crippen molar-refractivity contribution < 1.29 is 23.1 Å². The zero-order valence-electron chi connectivity index (χ0n) is 9.03. The molecule has 0 saturated carbocycles. The van der Waals surface area contributed by atoms with Crippen LogP contribution in [0.25, 0.3) is 0 Å². The molecular weight excluding hydrogens is 237 g/mol. The van der Waals surface area contributed by atoms with E-state index in [1.165, 1.54) is 25.3 Å². The van der Waals surface area contributed by atoms with Gasteiger partial charge in [-0.15, -0.1) is 0 Å². The number of rotatable bonds is 3. The Morgan fingerprint density at radius 3 is 2.65 bits per heavy atom. The molecule has 0 aliphatic heterocycles. The standard InChI is InChI=1S/C10H11F3N2O2/c1-2-15(6-10(11,12)13)9(17)8-7(16)4-3-5-14-8/h3-5,16H,2,6H2,1H3. The summed E-state index contributed by atoms with van der Waals surface area (Å²) in [5.41, 5.74) is -0.376. The number of nitrogens with zero attached hydrogens (tertiary/aromatic N) is 2. The van der Waals surface area contributed by atoms with Gasteiger partial charge in [-0.3, -0.25) is 4.79 Å². The molecule has 1 amide bonds. The van der Waals surface area contributed by atoms with Crippen molar-refractivity contribution in [2.24, 2.45) is 0 Å². The second-order valence-electron chi connectivity index (χ2n) is 3.31. The first-order chi connectivity index (χ1) is 7.85. The highest BCUT2D eigenvalue weighted by atomic mass is 19.4. The largest absolute Gasteiger partial charge is 0.505 e. The molecule has 1 N–H and O–H groups in total. The molecule has 0 atom stereocenters. The molecule has 7 heteroatoms. The van der Waals surface area contributed by atoms with Gasteiger partial charge >= 0.3 is 6.18 Å². The fourth-order valence-corrected chi connectivity index (χ4v) is 1.25. The number of carbonyl (C=O) groups is 1. The SMILES string of the molecule is CCN(CC(F)(F)F)C(=O)c1ncccc1O. The number of hydrogen-bond donors (Lipinski definition) is 1. The monoisotopic (exact) mass is 248 g/mol. The van der Waals surface area contributed by atoms with Crippen LogP contribution in [0.4, 0.5) is 13.2 Å². The topological polar surface area (TPSA) is 53.4 Å². The molecule has 94 valence electrons. The van der Waals surface area contributed by atoms with Crippen molar-refractivity contribution in [1.29, 1.82) is 0 Å². The van der Waals surface area contributed by atoms with Crippen LogP contribution in [0.1, 0.15) is 17.4 Å². The second kappa shape index (κ2) is 5.03. The van der Waals surface area contributed by atoms with Gasteiger partial charge in [0, 0.05) is 12.7 Å². The van der Waals surface area contributed by atoms with E-state index in [1.807, 2.05) is 0 Å². The van der Waals surface area contributed by atoms with Gasteiger partial charge in [0.2, 0.25) is 0 Å². The lowest BCUT2D eigenvalue weighted by molar-refractivity contribution is -0.140. The minimum atomic E-state index is -4.48. The molecule has 0 aromatic carbocycles. The summed E-state index contributed by atoms with van der Waals surface area (Å²) in [6.07, 6.45) is -3.25. The maximum absolute atomic E-state index is 12.2. The second-order valence-corrected chi connectivity index (χ2v) is 3.31. The fourth-order valence-electron chi connectivity index (χ4n) is 1.25. The van der Waals surface area contributed by atoms with E-state index in [4.69, 9.17) is 0 Å². The van der Waals surface area contributed by atoms with Crippen LogP contribution in [-0.4, -0.2) is 40.2 Å². The summed E-state index contributed by atoms with van der Waals surface area (Å²) in [6, 6.07) is 2.58. The smallest absolute Gasteiger partial charge is 0.406 e. The molecule has 0 radical (unpaired) electrons. The molecule has 1 heterocycles. The first kappa shape index (κ1) is 13.3. The van der Waals surface area contributed by atoms with Crippen molar-refractivity contribution in [2.75, 3.05) is 13.1 Å². The Hall–Kier alpha value is -1.79. The predicted molar refractivity (Wildman–Crippen MR) is 53.5 cm³/mol. The lowest BCUT2D eigenvalue weighted by Crippen LogP contribution is -2.39. The van der Waals surface area contributed by atoms with E-state index in [9.17, 15) is 23.1 Å². The van der Waals surface area contributed by atoms with Crippen LogP contribution in [0.2, 0.25) is 0 Å². The summed E-state index contributed by atoms with van der Waals surface area (Å²) in [6.45, 7) is -0.0592. The van der Waals surface area contributed by atoms with E-state index in [-0.39, 0.29) is 12.2 Å². The molecule has 0 spiro atoms. The lowest BCUT2D eigenvalue weighted by Gasteiger charge is -2.21. The lowest BCUT2D eigenvalue weighted by atomic mass is 10.3. The highest BCUT2D eigenvalue weighted by Crippen LogP contribution is 2.20. The first-order valence-electron chi connectivity index (χ1n) is 4.85. The Labute approximate surface area is 95.7 Å². The normalized spacial score (nSPS) is 11.3. The molecule has 0 aliphatic rings. The van der Waals surface area contributed by atoms with E-state index in [0.29, 0.717) is 4.90 Å². The van der Waals surface area contributed by atoms with Crippen molar-refractivity contribution in [3.05, 3.63) is 24.0 Å². The molecule has 1 aromatic heterocycles. The van der Waals surface area contributed by atoms with Crippen LogP contribution in [0.3, 0.4) is 0 Å². The number of alkyl halides is 3. The first-order valence-corrected chi connectivity index (χ1v) is 4.85. The maximum Gasteiger partial charge on any atom is 0.406 e. The Kier molecular flexibility index (Phi) is 3.93. The van der Waals surface area contributed by atoms with Crippen LogP contribution in [-0.2, 0) is 0 Å². The maximum atomic E-state index is 12.2. The van der Waals surface area contributed by atoms with Crippen LogP contribution in [0.15, 0.2) is 18.3 Å². The number of aromatic hydroxyl groups is 1. The molecule has 17 heavy (non-hydrogen) atoms. The van der Waals surface area contributed by atoms with Gasteiger partial charge in [0.25, 0.3) is 5.91 Å². The number of aromatic nitrogens is 1. The minimum absolute atomic E-state index is 0.117. The van der Waals surface area contributed by atoms with Gasteiger partial charge in [0.05, 0.1) is 0 Å². The summed E-state index contributed by atoms with van der Waals surface area (Å²) in [5, 5.41) is 9.33. The van der Waals surface area contributed by atoms with E-state index >= 15 is 0 Å². The number of pyridine rings is 1. The molecule has 1 rings (SSSR count). The molecule has 0 fully saturated rings. The number of hydrogen-bond acceptors (Lipinski definition) is 3. The van der Waals surface area contributed by atoms with Gasteiger partial charge < -0.3 is 10.0 Å². The third kappa shape index (κ3) is 3.61. The highest BCUT2D eigenvalue weighted by molar-refractivity contribution is 5.94. The van der Waals surface area contributed by atoms with E-state index in [1.54, 1.807) is 0 Å². The zero-order chi connectivity index (χ0) is 13.1. The van der Waals surface area contributed by atoms with Crippen molar-refractivity contribution in [3.8, 4) is 5.75 Å². The zero-order valence-corrected chi connectivity index (χ0v) is 9.03. The average molecular weight is 248 g/mol. The Morgan fingerprint density at radius 2 is 2.18 bits per heavy atom. The van der Waals surface area contributed by atoms with Crippen LogP contribution in [0, 0.1) is 0 Å². The van der Waals surface area contributed by atoms with Crippen molar-refractivity contribution in [2.45, 2.75) is 13.1 Å². The van der Waals surface area contributed by atoms with E-state index < -0.39 is 24.4 Å². The molecule has 4 nitrogen and oxygen atoms in total. The Balaban J connectivity index is 2.91. The third-order valence-corrected chi connectivity index (χ3v) is 2.03. The van der Waals surface area contributed by atoms with Crippen molar-refractivity contribution in [1.82, 2.24) is 9.88 Å². The minimum Gasteiger partial charge on any atom is -0.505 e. The van der Waals surface area contributed by atoms with Crippen molar-refractivity contribution in [3.63, 3.8) is 0 Å². The van der Waals surface area contributed by atoms with Gasteiger partial charge in [0.15, 0.2) is 5.69 Å². The van der Waals surface area contributed by atoms with E-state index in [0.717, 1.165) is 0 Å². The quantitative estimate of drug-likeness (QED) is 0.887. The average Bonchev–Trinajstić information content (AvgIpc) is 2.24. The number of halogens is 3. The van der Waals surface area contributed by atoms with Gasteiger partial charge in [0.1, 0.15) is 12.3 Å². The Bertz CT molecular complexity index is 407.